The number of methoxy groups -OCH3 is 1. The van der Waals surface area contributed by atoms with E-state index in [4.69, 9.17) is 10.5 Å². The molecule has 0 bridgehead atoms. The molecule has 4 nitrogen and oxygen atoms in total. The molecule has 0 aromatic heterocycles. The summed E-state index contributed by atoms with van der Waals surface area (Å²) >= 11 is 0. The van der Waals surface area contributed by atoms with Gasteiger partial charge in [0.15, 0.2) is 0 Å². The van der Waals surface area contributed by atoms with E-state index in [0.717, 1.165) is 19.7 Å². The van der Waals surface area contributed by atoms with E-state index < -0.39 is 0 Å². The van der Waals surface area contributed by atoms with E-state index in [1.54, 1.807) is 7.11 Å². The zero-order chi connectivity index (χ0) is 13.1. The van der Waals surface area contributed by atoms with Crippen LogP contribution in [0.3, 0.4) is 0 Å². The van der Waals surface area contributed by atoms with E-state index in [0.29, 0.717) is 12.6 Å². The summed E-state index contributed by atoms with van der Waals surface area (Å²) < 4.78 is 5.17. The summed E-state index contributed by atoms with van der Waals surface area (Å²) in [6.45, 7) is 3.33. The van der Waals surface area contributed by atoms with Crippen LogP contribution in [0.15, 0.2) is 18.2 Å². The Morgan fingerprint density at radius 3 is 2.83 bits per heavy atom. The minimum atomic E-state index is 0.329. The Bertz CT molecular complexity index is 406. The molecule has 1 aromatic rings. The molecule has 0 radical (unpaired) electrons. The topological polar surface area (TPSA) is 41.7 Å². The maximum absolute atomic E-state index is 5.94. The zero-order valence-corrected chi connectivity index (χ0v) is 11.5. The highest BCUT2D eigenvalue weighted by Gasteiger charge is 2.28. The SMILES string of the molecule is COCCN1Cc2ccc(N(C)C)cc2C1CN. The summed E-state index contributed by atoms with van der Waals surface area (Å²) in [6.07, 6.45) is 0. The Morgan fingerprint density at radius 2 is 2.22 bits per heavy atom. The molecule has 0 aliphatic carbocycles. The quantitative estimate of drug-likeness (QED) is 0.852. The van der Waals surface area contributed by atoms with E-state index in [-0.39, 0.29) is 0 Å². The lowest BCUT2D eigenvalue weighted by Crippen LogP contribution is -2.30. The fraction of sp³-hybridized carbons (Fsp3) is 0.571. The van der Waals surface area contributed by atoms with E-state index in [1.807, 2.05) is 0 Å². The smallest absolute Gasteiger partial charge is 0.0590 e. The van der Waals surface area contributed by atoms with Gasteiger partial charge < -0.3 is 15.4 Å². The van der Waals surface area contributed by atoms with Crippen LogP contribution in [0.25, 0.3) is 0 Å². The van der Waals surface area contributed by atoms with Crippen LogP contribution >= 0.6 is 0 Å². The van der Waals surface area contributed by atoms with Crippen LogP contribution in [-0.4, -0.2) is 45.8 Å². The van der Waals surface area contributed by atoms with Crippen molar-refractivity contribution in [3.05, 3.63) is 29.3 Å². The molecule has 1 unspecified atom stereocenters. The molecule has 1 aromatic carbocycles. The summed E-state index contributed by atoms with van der Waals surface area (Å²) in [5.41, 5.74) is 9.95. The predicted octanol–water partition coefficient (Wildman–Crippen LogP) is 1.21. The second-order valence-electron chi connectivity index (χ2n) is 4.99. The van der Waals surface area contributed by atoms with Crippen molar-refractivity contribution >= 4 is 5.69 Å². The summed E-state index contributed by atoms with van der Waals surface area (Å²) in [5.74, 6) is 0. The highest BCUT2D eigenvalue weighted by molar-refractivity contribution is 5.52. The molecule has 4 heteroatoms. The van der Waals surface area contributed by atoms with E-state index >= 15 is 0 Å². The molecule has 0 spiro atoms. The van der Waals surface area contributed by atoms with Gasteiger partial charge in [-0.15, -0.1) is 0 Å². The number of rotatable bonds is 5. The molecule has 1 aliphatic rings. The second kappa shape index (κ2) is 5.69. The largest absolute Gasteiger partial charge is 0.383 e. The molecule has 0 saturated carbocycles. The molecule has 1 heterocycles. The van der Waals surface area contributed by atoms with Gasteiger partial charge in [-0.25, -0.2) is 0 Å². The highest BCUT2D eigenvalue weighted by atomic mass is 16.5. The lowest BCUT2D eigenvalue weighted by atomic mass is 10.0. The Hall–Kier alpha value is -1.10. The van der Waals surface area contributed by atoms with Gasteiger partial charge in [-0.2, -0.15) is 0 Å². The van der Waals surface area contributed by atoms with Crippen LogP contribution in [0.1, 0.15) is 17.2 Å². The van der Waals surface area contributed by atoms with Crippen molar-refractivity contribution in [2.75, 3.05) is 45.8 Å². The fourth-order valence-corrected chi connectivity index (χ4v) is 2.56. The fourth-order valence-electron chi connectivity index (χ4n) is 2.56. The predicted molar refractivity (Wildman–Crippen MR) is 74.9 cm³/mol. The first-order chi connectivity index (χ1) is 8.67. The minimum Gasteiger partial charge on any atom is -0.383 e. The first-order valence-electron chi connectivity index (χ1n) is 6.40. The maximum atomic E-state index is 5.94. The van der Waals surface area contributed by atoms with Crippen molar-refractivity contribution < 1.29 is 4.74 Å². The molecule has 0 fully saturated rings. The molecule has 1 atom stereocenters. The molecule has 1 aliphatic heterocycles. The average molecular weight is 249 g/mol. The number of nitrogens with two attached hydrogens (primary N) is 1. The third-order valence-corrected chi connectivity index (χ3v) is 3.62. The molecular weight excluding hydrogens is 226 g/mol. The van der Waals surface area contributed by atoms with E-state index in [2.05, 4.69) is 42.1 Å². The summed E-state index contributed by atoms with van der Waals surface area (Å²) in [4.78, 5) is 4.53. The van der Waals surface area contributed by atoms with Crippen molar-refractivity contribution in [2.45, 2.75) is 12.6 Å². The van der Waals surface area contributed by atoms with Gasteiger partial charge in [0.05, 0.1) is 6.61 Å². The normalized spacial score (nSPS) is 19.0. The Labute approximate surface area is 109 Å². The molecule has 0 saturated heterocycles. The lowest BCUT2D eigenvalue weighted by molar-refractivity contribution is 0.128. The van der Waals surface area contributed by atoms with Crippen LogP contribution in [0, 0.1) is 0 Å². The second-order valence-corrected chi connectivity index (χ2v) is 4.99. The van der Waals surface area contributed by atoms with Gasteiger partial charge >= 0.3 is 0 Å². The summed E-state index contributed by atoms with van der Waals surface area (Å²) in [6, 6.07) is 6.99. The zero-order valence-electron chi connectivity index (χ0n) is 11.5. The monoisotopic (exact) mass is 249 g/mol. The Morgan fingerprint density at radius 1 is 1.44 bits per heavy atom. The third kappa shape index (κ3) is 2.51. The minimum absolute atomic E-state index is 0.329. The molecule has 0 amide bonds. The maximum Gasteiger partial charge on any atom is 0.0590 e. The lowest BCUT2D eigenvalue weighted by Gasteiger charge is -2.23. The van der Waals surface area contributed by atoms with Crippen molar-refractivity contribution in [3.8, 4) is 0 Å². The van der Waals surface area contributed by atoms with Crippen molar-refractivity contribution in [1.29, 1.82) is 0 Å². The van der Waals surface area contributed by atoms with Gasteiger partial charge in [0.2, 0.25) is 0 Å². The molecule has 2 N–H and O–H groups in total. The average Bonchev–Trinajstić information content (AvgIpc) is 2.72. The number of nitrogens with zero attached hydrogens (tertiary/aromatic N) is 2. The van der Waals surface area contributed by atoms with Crippen LogP contribution in [0.5, 0.6) is 0 Å². The van der Waals surface area contributed by atoms with Crippen molar-refractivity contribution in [1.82, 2.24) is 4.90 Å². The van der Waals surface area contributed by atoms with Gasteiger partial charge in [0.25, 0.3) is 0 Å². The van der Waals surface area contributed by atoms with Gasteiger partial charge in [0.1, 0.15) is 0 Å². The highest BCUT2D eigenvalue weighted by Crippen LogP contribution is 2.34. The number of anilines is 1. The molecule has 18 heavy (non-hydrogen) atoms. The van der Waals surface area contributed by atoms with Gasteiger partial charge in [0, 0.05) is 52.6 Å². The first-order valence-corrected chi connectivity index (χ1v) is 6.40. The van der Waals surface area contributed by atoms with E-state index in [1.165, 1.54) is 16.8 Å². The van der Waals surface area contributed by atoms with Crippen LogP contribution in [0.2, 0.25) is 0 Å². The number of benzene rings is 1. The molecule has 2 rings (SSSR count). The number of hydrogen-bond acceptors (Lipinski definition) is 4. The van der Waals surface area contributed by atoms with Crippen LogP contribution < -0.4 is 10.6 Å². The summed E-state index contributed by atoms with van der Waals surface area (Å²) in [7, 11) is 5.87. The van der Waals surface area contributed by atoms with Gasteiger partial charge in [-0.3, -0.25) is 4.90 Å². The van der Waals surface area contributed by atoms with E-state index in [9.17, 15) is 0 Å². The van der Waals surface area contributed by atoms with Crippen molar-refractivity contribution in [3.63, 3.8) is 0 Å². The van der Waals surface area contributed by atoms with Gasteiger partial charge in [-0.1, -0.05) is 6.07 Å². The number of fused-ring (bicyclic) bond motifs is 1. The number of hydrogen-bond donors (Lipinski definition) is 1. The van der Waals surface area contributed by atoms with Gasteiger partial charge in [-0.05, 0) is 23.3 Å². The Balaban J connectivity index is 2.22. The Kier molecular flexibility index (Phi) is 4.22. The van der Waals surface area contributed by atoms with Crippen LogP contribution in [-0.2, 0) is 11.3 Å². The van der Waals surface area contributed by atoms with Crippen molar-refractivity contribution in [2.24, 2.45) is 5.73 Å². The number of ether oxygens (including phenoxy) is 1. The molecular formula is C14H23N3O. The van der Waals surface area contributed by atoms with Crippen LogP contribution in [0.4, 0.5) is 5.69 Å². The third-order valence-electron chi connectivity index (χ3n) is 3.62. The summed E-state index contributed by atoms with van der Waals surface area (Å²) in [5, 5.41) is 0. The standard InChI is InChI=1S/C14H23N3O/c1-16(2)12-5-4-11-10-17(6-7-18-3)14(9-15)13(11)8-12/h4-5,8,14H,6-7,9-10,15H2,1-3H3. The first kappa shape index (κ1) is 13.3. The molecule has 100 valence electrons.